The van der Waals surface area contributed by atoms with E-state index in [1.165, 1.54) is 0 Å². The molecule has 0 amide bonds. The van der Waals surface area contributed by atoms with E-state index in [-0.39, 0.29) is 12.8 Å². The van der Waals surface area contributed by atoms with Crippen LogP contribution >= 0.6 is 11.6 Å². The van der Waals surface area contributed by atoms with Crippen LogP contribution in [0.2, 0.25) is 5.02 Å². The highest BCUT2D eigenvalue weighted by Crippen LogP contribution is 2.36. The number of benzene rings is 1. The van der Waals surface area contributed by atoms with Gasteiger partial charge in [-0.2, -0.15) is 0 Å². The fourth-order valence-corrected chi connectivity index (χ4v) is 1.81. The third kappa shape index (κ3) is 4.07. The van der Waals surface area contributed by atoms with Crippen LogP contribution in [0.25, 0.3) is 0 Å². The normalized spacial score (nSPS) is 12.3. The van der Waals surface area contributed by atoms with Crippen molar-refractivity contribution in [1.29, 1.82) is 0 Å². The molecule has 1 atom stereocenters. The number of rotatable bonds is 6. The van der Waals surface area contributed by atoms with Crippen LogP contribution in [-0.4, -0.2) is 27.1 Å². The molecule has 0 aliphatic rings. The van der Waals surface area contributed by atoms with Gasteiger partial charge in [-0.3, -0.25) is 0 Å². The van der Waals surface area contributed by atoms with Crippen molar-refractivity contribution in [2.45, 2.75) is 19.4 Å². The van der Waals surface area contributed by atoms with Crippen LogP contribution in [0.3, 0.4) is 0 Å². The third-order valence-corrected chi connectivity index (χ3v) is 2.45. The molecule has 0 bridgehead atoms. The summed E-state index contributed by atoms with van der Waals surface area (Å²) in [5.41, 5.74) is 6.77. The maximum atomic E-state index is 6.13. The van der Waals surface area contributed by atoms with E-state index in [1.54, 1.807) is 14.2 Å². The smallest absolute Gasteiger partial charge is 0.188 e. The highest BCUT2D eigenvalue weighted by atomic mass is 35.5. The fraction of sp³-hybridized carbons (Fsp3) is 0.500. The Morgan fingerprint density at radius 1 is 1.35 bits per heavy atom. The Kier molecular flexibility index (Phi) is 5.55. The Balaban J connectivity index is 2.98. The van der Waals surface area contributed by atoms with E-state index in [0.29, 0.717) is 16.5 Å². The summed E-state index contributed by atoms with van der Waals surface area (Å²) in [5, 5.41) is 0.497. The summed E-state index contributed by atoms with van der Waals surface area (Å²) in [6, 6.07) is 3.78. The van der Waals surface area contributed by atoms with Crippen molar-refractivity contribution in [3.05, 3.63) is 22.7 Å². The first-order chi connectivity index (χ1) is 8.08. The van der Waals surface area contributed by atoms with Gasteiger partial charge in [-0.15, -0.1) is 0 Å². The molecule has 0 aromatic heterocycles. The highest BCUT2D eigenvalue weighted by molar-refractivity contribution is 6.32. The Bertz CT molecular complexity index is 369. The second-order valence-electron chi connectivity index (χ2n) is 3.84. The van der Waals surface area contributed by atoms with E-state index in [0.717, 1.165) is 12.0 Å². The van der Waals surface area contributed by atoms with E-state index >= 15 is 0 Å². The summed E-state index contributed by atoms with van der Waals surface area (Å²) in [4.78, 5) is 0. The summed E-state index contributed by atoms with van der Waals surface area (Å²) < 4.78 is 15.4. The lowest BCUT2D eigenvalue weighted by Gasteiger charge is -2.14. The molecule has 1 aromatic carbocycles. The van der Waals surface area contributed by atoms with Crippen molar-refractivity contribution in [1.82, 2.24) is 0 Å². The van der Waals surface area contributed by atoms with E-state index in [4.69, 9.17) is 31.5 Å². The maximum absolute atomic E-state index is 6.13. The van der Waals surface area contributed by atoms with Crippen LogP contribution in [0, 0.1) is 0 Å². The summed E-state index contributed by atoms with van der Waals surface area (Å²) in [6.45, 7) is 2.07. The predicted molar refractivity (Wildman–Crippen MR) is 67.9 cm³/mol. The number of nitrogens with two attached hydrogens (primary N) is 1. The molecule has 4 nitrogen and oxygen atoms in total. The molecule has 1 aromatic rings. The van der Waals surface area contributed by atoms with Gasteiger partial charge in [0.15, 0.2) is 18.3 Å². The summed E-state index contributed by atoms with van der Waals surface area (Å²) in [7, 11) is 3.12. The van der Waals surface area contributed by atoms with Gasteiger partial charge in [0, 0.05) is 13.2 Å². The van der Waals surface area contributed by atoms with Crippen molar-refractivity contribution in [3.63, 3.8) is 0 Å². The lowest BCUT2D eigenvalue weighted by Crippen LogP contribution is -2.17. The number of ether oxygens (including phenoxy) is 3. The van der Waals surface area contributed by atoms with Gasteiger partial charge in [-0.1, -0.05) is 11.6 Å². The average Bonchev–Trinajstić information content (AvgIpc) is 2.26. The standard InChI is InChI=1S/C12H18ClNO3/c1-8(14)4-9-5-10(13)12(17-7-15-2)11(6-9)16-3/h5-6,8H,4,7,14H2,1-3H3. The van der Waals surface area contributed by atoms with E-state index in [1.807, 2.05) is 19.1 Å². The average molecular weight is 260 g/mol. The molecule has 0 saturated carbocycles. The number of hydrogen-bond acceptors (Lipinski definition) is 4. The Morgan fingerprint density at radius 2 is 2.06 bits per heavy atom. The quantitative estimate of drug-likeness (QED) is 0.796. The molecule has 5 heteroatoms. The van der Waals surface area contributed by atoms with Crippen molar-refractivity contribution in [2.75, 3.05) is 21.0 Å². The molecule has 1 rings (SSSR count). The number of methoxy groups -OCH3 is 2. The van der Waals surface area contributed by atoms with Gasteiger partial charge in [-0.05, 0) is 31.0 Å². The molecule has 96 valence electrons. The van der Waals surface area contributed by atoms with E-state index in [2.05, 4.69) is 0 Å². The SMILES string of the molecule is COCOc1c(Cl)cc(CC(C)N)cc1OC. The molecule has 17 heavy (non-hydrogen) atoms. The van der Waals surface area contributed by atoms with Crippen LogP contribution in [-0.2, 0) is 11.2 Å². The topological polar surface area (TPSA) is 53.7 Å². The summed E-state index contributed by atoms with van der Waals surface area (Å²) in [6.07, 6.45) is 0.737. The number of halogens is 1. The fourth-order valence-electron chi connectivity index (χ4n) is 1.52. The molecule has 0 saturated heterocycles. The van der Waals surface area contributed by atoms with Crippen LogP contribution in [0.5, 0.6) is 11.5 Å². The maximum Gasteiger partial charge on any atom is 0.188 e. The third-order valence-electron chi connectivity index (χ3n) is 2.17. The van der Waals surface area contributed by atoms with Gasteiger partial charge in [-0.25, -0.2) is 0 Å². The minimum atomic E-state index is 0.0708. The second-order valence-corrected chi connectivity index (χ2v) is 4.25. The van der Waals surface area contributed by atoms with Crippen LogP contribution < -0.4 is 15.2 Å². The Hall–Kier alpha value is -0.970. The highest BCUT2D eigenvalue weighted by Gasteiger charge is 2.12. The van der Waals surface area contributed by atoms with Gasteiger partial charge < -0.3 is 19.9 Å². The first-order valence-corrected chi connectivity index (χ1v) is 5.70. The van der Waals surface area contributed by atoms with Crippen LogP contribution in [0.1, 0.15) is 12.5 Å². The molecule has 1 unspecified atom stereocenters. The second kappa shape index (κ2) is 6.69. The molecule has 0 radical (unpaired) electrons. The molecule has 0 heterocycles. The van der Waals surface area contributed by atoms with E-state index in [9.17, 15) is 0 Å². The first-order valence-electron chi connectivity index (χ1n) is 5.32. The monoisotopic (exact) mass is 259 g/mol. The zero-order valence-electron chi connectivity index (χ0n) is 10.3. The molecule has 0 fully saturated rings. The minimum absolute atomic E-state index is 0.0708. The van der Waals surface area contributed by atoms with Crippen LogP contribution in [0.4, 0.5) is 0 Å². The Morgan fingerprint density at radius 3 is 2.59 bits per heavy atom. The van der Waals surface area contributed by atoms with Gasteiger partial charge in [0.2, 0.25) is 0 Å². The van der Waals surface area contributed by atoms with Gasteiger partial charge in [0.05, 0.1) is 12.1 Å². The molecule has 2 N–H and O–H groups in total. The lowest BCUT2D eigenvalue weighted by molar-refractivity contribution is 0.0492. The zero-order chi connectivity index (χ0) is 12.8. The minimum Gasteiger partial charge on any atom is -0.493 e. The zero-order valence-corrected chi connectivity index (χ0v) is 11.1. The molecule has 0 aliphatic heterocycles. The first kappa shape index (κ1) is 14.1. The van der Waals surface area contributed by atoms with Crippen molar-refractivity contribution in [3.8, 4) is 11.5 Å². The lowest BCUT2D eigenvalue weighted by atomic mass is 10.1. The van der Waals surface area contributed by atoms with Gasteiger partial charge >= 0.3 is 0 Å². The van der Waals surface area contributed by atoms with Gasteiger partial charge in [0.1, 0.15) is 0 Å². The molecule has 0 spiro atoms. The largest absolute Gasteiger partial charge is 0.493 e. The van der Waals surface area contributed by atoms with E-state index < -0.39 is 0 Å². The van der Waals surface area contributed by atoms with Crippen molar-refractivity contribution in [2.24, 2.45) is 5.73 Å². The molecule has 0 aliphatic carbocycles. The molecular formula is C12H18ClNO3. The summed E-state index contributed by atoms with van der Waals surface area (Å²) in [5.74, 6) is 1.08. The van der Waals surface area contributed by atoms with Crippen LogP contribution in [0.15, 0.2) is 12.1 Å². The van der Waals surface area contributed by atoms with Crippen molar-refractivity contribution < 1.29 is 14.2 Å². The van der Waals surface area contributed by atoms with Gasteiger partial charge in [0.25, 0.3) is 0 Å². The summed E-state index contributed by atoms with van der Waals surface area (Å²) >= 11 is 6.13. The number of hydrogen-bond donors (Lipinski definition) is 1. The molecular weight excluding hydrogens is 242 g/mol. The Labute approximate surface area is 107 Å². The predicted octanol–water partition coefficient (Wildman–Crippen LogP) is 2.22. The van der Waals surface area contributed by atoms with Crippen molar-refractivity contribution >= 4 is 11.6 Å².